The molecule has 0 saturated heterocycles. The number of carboxylic acid groups (broad SMARTS) is 1. The maximum absolute atomic E-state index is 11.5. The monoisotopic (exact) mass is 432 g/mol. The Morgan fingerprint density at radius 1 is 1.12 bits per heavy atom. The molecule has 32 heavy (non-hydrogen) atoms. The van der Waals surface area contributed by atoms with Crippen molar-refractivity contribution in [1.82, 2.24) is 19.7 Å². The SMILES string of the molecule is CCCn1nc(CCC2CCCCC2)nc1Cc1ccc(-c2ccncc2C(=O)O)cc1. The van der Waals surface area contributed by atoms with Gasteiger partial charge in [0.1, 0.15) is 5.82 Å². The average Bonchev–Trinajstić information content (AvgIpc) is 3.20. The molecule has 6 nitrogen and oxygen atoms in total. The number of pyridine rings is 1. The Morgan fingerprint density at radius 3 is 2.62 bits per heavy atom. The van der Waals surface area contributed by atoms with Gasteiger partial charge in [-0.2, -0.15) is 5.10 Å². The van der Waals surface area contributed by atoms with Crippen LogP contribution in [0, 0.1) is 5.92 Å². The molecule has 1 aliphatic rings. The Morgan fingerprint density at radius 2 is 1.91 bits per heavy atom. The standard InChI is InChI=1S/C26H32N4O2/c1-2-16-30-25(28-24(29-30)13-10-19-6-4-3-5-7-19)17-20-8-11-21(12-9-20)22-14-15-27-18-23(22)26(31)32/h8-9,11-12,14-15,18-19H,2-7,10,13,16-17H2,1H3,(H,31,32). The lowest BCUT2D eigenvalue weighted by Gasteiger charge is -2.20. The fourth-order valence-corrected chi connectivity index (χ4v) is 4.66. The summed E-state index contributed by atoms with van der Waals surface area (Å²) in [5.41, 5.74) is 2.91. The van der Waals surface area contributed by atoms with Crippen molar-refractivity contribution in [2.45, 2.75) is 71.3 Å². The Balaban J connectivity index is 1.47. The number of carboxylic acids is 1. The zero-order chi connectivity index (χ0) is 22.3. The summed E-state index contributed by atoms with van der Waals surface area (Å²) in [7, 11) is 0. The topological polar surface area (TPSA) is 80.9 Å². The van der Waals surface area contributed by atoms with Crippen LogP contribution in [0.5, 0.6) is 0 Å². The number of hydrogen-bond donors (Lipinski definition) is 1. The molecule has 4 rings (SSSR count). The van der Waals surface area contributed by atoms with Crippen LogP contribution in [0.1, 0.15) is 79.4 Å². The highest BCUT2D eigenvalue weighted by molar-refractivity contribution is 5.95. The van der Waals surface area contributed by atoms with E-state index in [9.17, 15) is 9.90 Å². The number of carbonyl (C=O) groups is 1. The van der Waals surface area contributed by atoms with Crippen molar-refractivity contribution in [3.05, 3.63) is 65.5 Å². The van der Waals surface area contributed by atoms with Crippen LogP contribution in [0.4, 0.5) is 0 Å². The van der Waals surface area contributed by atoms with Crippen molar-refractivity contribution in [3.8, 4) is 11.1 Å². The predicted molar refractivity (Wildman–Crippen MR) is 125 cm³/mol. The van der Waals surface area contributed by atoms with Crippen LogP contribution >= 0.6 is 0 Å². The van der Waals surface area contributed by atoms with Crippen molar-refractivity contribution in [3.63, 3.8) is 0 Å². The third-order valence-corrected chi connectivity index (χ3v) is 6.41. The van der Waals surface area contributed by atoms with Crippen LogP contribution in [-0.2, 0) is 19.4 Å². The van der Waals surface area contributed by atoms with E-state index in [2.05, 4.69) is 16.6 Å². The minimum atomic E-state index is -0.967. The summed E-state index contributed by atoms with van der Waals surface area (Å²) < 4.78 is 2.06. The van der Waals surface area contributed by atoms with Crippen LogP contribution < -0.4 is 0 Å². The molecule has 0 spiro atoms. The number of aromatic carboxylic acids is 1. The fraction of sp³-hybridized carbons (Fsp3) is 0.462. The molecule has 6 heteroatoms. The summed E-state index contributed by atoms with van der Waals surface area (Å²) >= 11 is 0. The van der Waals surface area contributed by atoms with Crippen LogP contribution in [0.2, 0.25) is 0 Å². The number of aryl methyl sites for hydroxylation is 2. The minimum Gasteiger partial charge on any atom is -0.478 e. The third kappa shape index (κ3) is 5.42. The molecule has 2 heterocycles. The Hall–Kier alpha value is -3.02. The van der Waals surface area contributed by atoms with E-state index in [1.807, 2.05) is 24.3 Å². The van der Waals surface area contributed by atoms with Gasteiger partial charge in [-0.15, -0.1) is 0 Å². The summed E-state index contributed by atoms with van der Waals surface area (Å²) in [5, 5.41) is 14.2. The van der Waals surface area contributed by atoms with E-state index in [-0.39, 0.29) is 5.56 Å². The molecule has 1 aromatic carbocycles. The Kier molecular flexibility index (Phi) is 7.30. The number of nitrogens with zero attached hydrogens (tertiary/aromatic N) is 4. The molecular weight excluding hydrogens is 400 g/mol. The maximum Gasteiger partial charge on any atom is 0.337 e. The molecule has 168 valence electrons. The first-order chi connectivity index (χ1) is 15.6. The molecule has 0 radical (unpaired) electrons. The highest BCUT2D eigenvalue weighted by Crippen LogP contribution is 2.27. The molecule has 0 unspecified atom stereocenters. The third-order valence-electron chi connectivity index (χ3n) is 6.41. The highest BCUT2D eigenvalue weighted by Gasteiger charge is 2.16. The van der Waals surface area contributed by atoms with Gasteiger partial charge < -0.3 is 5.11 Å². The largest absolute Gasteiger partial charge is 0.478 e. The smallest absolute Gasteiger partial charge is 0.337 e. The van der Waals surface area contributed by atoms with Crippen LogP contribution in [0.25, 0.3) is 11.1 Å². The minimum absolute atomic E-state index is 0.213. The van der Waals surface area contributed by atoms with Crippen LogP contribution in [-0.4, -0.2) is 30.8 Å². The van der Waals surface area contributed by atoms with Gasteiger partial charge in [0, 0.05) is 31.8 Å². The van der Waals surface area contributed by atoms with Gasteiger partial charge in [0.05, 0.1) is 5.56 Å². The molecular formula is C26H32N4O2. The molecule has 1 N–H and O–H groups in total. The van der Waals surface area contributed by atoms with Crippen molar-refractivity contribution in [2.24, 2.45) is 5.92 Å². The normalized spacial score (nSPS) is 14.5. The molecule has 0 bridgehead atoms. The molecule has 2 aromatic heterocycles. The van der Waals surface area contributed by atoms with E-state index in [4.69, 9.17) is 10.1 Å². The first-order valence-electron chi connectivity index (χ1n) is 11.8. The van der Waals surface area contributed by atoms with Gasteiger partial charge >= 0.3 is 5.97 Å². The number of aromatic nitrogens is 4. The van der Waals surface area contributed by atoms with E-state index in [0.717, 1.165) is 54.5 Å². The first kappa shape index (κ1) is 22.2. The van der Waals surface area contributed by atoms with E-state index >= 15 is 0 Å². The van der Waals surface area contributed by atoms with E-state index < -0.39 is 5.97 Å². The summed E-state index contributed by atoms with van der Waals surface area (Å²) in [6.07, 6.45) is 13.8. The molecule has 3 aromatic rings. The van der Waals surface area contributed by atoms with Gasteiger partial charge in [0.2, 0.25) is 0 Å². The summed E-state index contributed by atoms with van der Waals surface area (Å²) in [5.74, 6) is 1.85. The first-order valence-corrected chi connectivity index (χ1v) is 11.8. The van der Waals surface area contributed by atoms with Gasteiger partial charge in [-0.05, 0) is 41.5 Å². The average molecular weight is 433 g/mol. The molecule has 0 amide bonds. The maximum atomic E-state index is 11.5. The Labute approximate surface area is 189 Å². The molecule has 1 aliphatic carbocycles. The lowest BCUT2D eigenvalue weighted by atomic mass is 9.86. The van der Waals surface area contributed by atoms with E-state index in [1.54, 1.807) is 12.3 Å². The zero-order valence-electron chi connectivity index (χ0n) is 18.8. The number of benzene rings is 1. The molecule has 1 saturated carbocycles. The van der Waals surface area contributed by atoms with Gasteiger partial charge in [0.25, 0.3) is 0 Å². The highest BCUT2D eigenvalue weighted by atomic mass is 16.4. The second kappa shape index (κ2) is 10.5. The van der Waals surface area contributed by atoms with Crippen LogP contribution in [0.3, 0.4) is 0 Å². The summed E-state index contributed by atoms with van der Waals surface area (Å²) in [6.45, 7) is 3.04. The Bertz CT molecular complexity index is 1040. The number of hydrogen-bond acceptors (Lipinski definition) is 4. The van der Waals surface area contributed by atoms with Gasteiger partial charge in [0.15, 0.2) is 5.82 Å². The van der Waals surface area contributed by atoms with Crippen molar-refractivity contribution in [2.75, 3.05) is 0 Å². The quantitative estimate of drug-likeness (QED) is 0.479. The summed E-state index contributed by atoms with van der Waals surface area (Å²) in [6, 6.07) is 9.79. The lowest BCUT2D eigenvalue weighted by molar-refractivity contribution is 0.0697. The van der Waals surface area contributed by atoms with Crippen molar-refractivity contribution >= 4 is 5.97 Å². The molecule has 0 aliphatic heterocycles. The van der Waals surface area contributed by atoms with E-state index in [1.165, 1.54) is 44.7 Å². The predicted octanol–water partition coefficient (Wildman–Crippen LogP) is 5.55. The second-order valence-electron chi connectivity index (χ2n) is 8.81. The lowest BCUT2D eigenvalue weighted by Crippen LogP contribution is -2.08. The van der Waals surface area contributed by atoms with Gasteiger partial charge in [-0.1, -0.05) is 63.3 Å². The zero-order valence-corrected chi connectivity index (χ0v) is 18.8. The fourth-order valence-electron chi connectivity index (χ4n) is 4.66. The van der Waals surface area contributed by atoms with Gasteiger partial charge in [-0.3, -0.25) is 4.98 Å². The van der Waals surface area contributed by atoms with Crippen LogP contribution in [0.15, 0.2) is 42.7 Å². The molecule has 1 fully saturated rings. The molecule has 0 atom stereocenters. The van der Waals surface area contributed by atoms with Crippen molar-refractivity contribution in [1.29, 1.82) is 0 Å². The van der Waals surface area contributed by atoms with Crippen molar-refractivity contribution < 1.29 is 9.90 Å². The summed E-state index contributed by atoms with van der Waals surface area (Å²) in [4.78, 5) is 20.3. The number of rotatable bonds is 9. The van der Waals surface area contributed by atoms with E-state index in [0.29, 0.717) is 5.56 Å². The second-order valence-corrected chi connectivity index (χ2v) is 8.81. The van der Waals surface area contributed by atoms with Gasteiger partial charge in [-0.25, -0.2) is 14.5 Å².